The van der Waals surface area contributed by atoms with Crippen LogP contribution in [0.5, 0.6) is 0 Å². The Morgan fingerprint density at radius 3 is 2.56 bits per heavy atom. The molecule has 8 nitrogen and oxygen atoms in total. The predicted octanol–water partition coefficient (Wildman–Crippen LogP) is 4.85. The van der Waals surface area contributed by atoms with E-state index in [1.165, 1.54) is 43.8 Å². The molecule has 2 atom stereocenters. The van der Waals surface area contributed by atoms with Crippen molar-refractivity contribution in [3.05, 3.63) is 59.2 Å². The SMILES string of the molecule is COCCC(C(=O)OC(C)(C)C)N1C=C(OC)C(c2cc(Cl)ccc2-c2cnn(C(F)F)c2)=CC1O. The van der Waals surface area contributed by atoms with Gasteiger partial charge in [0, 0.05) is 48.7 Å². The minimum atomic E-state index is -2.79. The molecule has 0 spiro atoms. The highest BCUT2D eigenvalue weighted by Gasteiger charge is 2.35. The first-order valence-corrected chi connectivity index (χ1v) is 11.6. The lowest BCUT2D eigenvalue weighted by Crippen LogP contribution is -2.48. The number of carbonyl (C=O) groups excluding carboxylic acids is 1. The number of esters is 1. The Hall–Kier alpha value is -2.95. The zero-order valence-electron chi connectivity index (χ0n) is 20.7. The van der Waals surface area contributed by atoms with E-state index in [0.29, 0.717) is 37.7 Å². The minimum absolute atomic E-state index is 0.256. The van der Waals surface area contributed by atoms with E-state index in [9.17, 15) is 18.7 Å². The lowest BCUT2D eigenvalue weighted by atomic mass is 9.93. The van der Waals surface area contributed by atoms with Crippen LogP contribution in [0.4, 0.5) is 8.78 Å². The molecule has 0 radical (unpaired) electrons. The number of alkyl halides is 2. The van der Waals surface area contributed by atoms with Crippen molar-refractivity contribution in [3.63, 3.8) is 0 Å². The Bertz CT molecular complexity index is 1140. The molecule has 1 aromatic heterocycles. The van der Waals surface area contributed by atoms with Crippen molar-refractivity contribution in [2.75, 3.05) is 20.8 Å². The van der Waals surface area contributed by atoms with Gasteiger partial charge in [0.15, 0.2) is 0 Å². The van der Waals surface area contributed by atoms with E-state index in [4.69, 9.17) is 25.8 Å². The number of aliphatic hydroxyl groups excluding tert-OH is 1. The number of hydrogen-bond acceptors (Lipinski definition) is 7. The Morgan fingerprint density at radius 2 is 1.97 bits per heavy atom. The van der Waals surface area contributed by atoms with Gasteiger partial charge in [-0.3, -0.25) is 0 Å². The van der Waals surface area contributed by atoms with Crippen molar-refractivity contribution < 1.29 is 32.9 Å². The summed E-state index contributed by atoms with van der Waals surface area (Å²) in [5.41, 5.74) is 1.27. The summed E-state index contributed by atoms with van der Waals surface area (Å²) >= 11 is 6.27. The number of allylic oxidation sites excluding steroid dienone is 1. The summed E-state index contributed by atoms with van der Waals surface area (Å²) in [6, 6.07) is 4.10. The van der Waals surface area contributed by atoms with Crippen LogP contribution in [-0.2, 0) is 19.0 Å². The molecule has 3 rings (SSSR count). The first-order valence-electron chi connectivity index (χ1n) is 11.2. The van der Waals surface area contributed by atoms with Gasteiger partial charge in [-0.2, -0.15) is 13.9 Å². The van der Waals surface area contributed by atoms with Crippen LogP contribution in [0.15, 0.2) is 48.6 Å². The Labute approximate surface area is 213 Å². The number of methoxy groups -OCH3 is 2. The predicted molar refractivity (Wildman–Crippen MR) is 131 cm³/mol. The molecule has 2 aromatic rings. The molecular formula is C25H30ClF2N3O5. The molecule has 36 heavy (non-hydrogen) atoms. The maximum absolute atomic E-state index is 13.1. The number of benzene rings is 1. The normalized spacial score (nSPS) is 17.1. The number of ether oxygens (including phenoxy) is 3. The topological polar surface area (TPSA) is 86.0 Å². The molecule has 1 N–H and O–H groups in total. The molecule has 1 aliphatic heterocycles. The number of aromatic nitrogens is 2. The first-order chi connectivity index (χ1) is 16.9. The second kappa shape index (κ2) is 11.4. The van der Waals surface area contributed by atoms with Crippen LogP contribution in [0.3, 0.4) is 0 Å². The third-order valence-corrected chi connectivity index (χ3v) is 5.63. The molecule has 0 amide bonds. The van der Waals surface area contributed by atoms with Gasteiger partial charge >= 0.3 is 12.5 Å². The van der Waals surface area contributed by atoms with Crippen LogP contribution in [-0.4, -0.2) is 64.5 Å². The Kier molecular flexibility index (Phi) is 8.76. The molecule has 1 aromatic carbocycles. The molecule has 11 heteroatoms. The second-order valence-corrected chi connectivity index (χ2v) is 9.58. The highest BCUT2D eigenvalue weighted by molar-refractivity contribution is 6.31. The molecule has 0 fully saturated rings. The largest absolute Gasteiger partial charge is 0.495 e. The molecule has 0 bridgehead atoms. The lowest BCUT2D eigenvalue weighted by molar-refractivity contribution is -0.164. The number of aliphatic hydroxyl groups is 1. The van der Waals surface area contributed by atoms with Gasteiger partial charge in [0.05, 0.1) is 13.3 Å². The van der Waals surface area contributed by atoms with Crippen LogP contribution in [0, 0.1) is 0 Å². The summed E-state index contributed by atoms with van der Waals surface area (Å²) in [4.78, 5) is 14.4. The summed E-state index contributed by atoms with van der Waals surface area (Å²) in [5.74, 6) is -0.193. The zero-order chi connectivity index (χ0) is 26.6. The molecule has 2 heterocycles. The smallest absolute Gasteiger partial charge is 0.333 e. The first kappa shape index (κ1) is 27.6. The quantitative estimate of drug-likeness (QED) is 0.468. The summed E-state index contributed by atoms with van der Waals surface area (Å²) in [6.07, 6.45) is 4.61. The highest BCUT2D eigenvalue weighted by Crippen LogP contribution is 2.38. The molecule has 0 saturated heterocycles. The highest BCUT2D eigenvalue weighted by atomic mass is 35.5. The number of rotatable bonds is 9. The second-order valence-electron chi connectivity index (χ2n) is 9.15. The maximum Gasteiger partial charge on any atom is 0.333 e. The number of halogens is 3. The Balaban J connectivity index is 2.03. The summed E-state index contributed by atoms with van der Waals surface area (Å²) in [5, 5.41) is 15.2. The van der Waals surface area contributed by atoms with E-state index in [2.05, 4.69) is 5.10 Å². The molecular weight excluding hydrogens is 496 g/mol. The average Bonchev–Trinajstić information content (AvgIpc) is 3.29. The van der Waals surface area contributed by atoms with Gasteiger partial charge in [-0.1, -0.05) is 17.7 Å². The van der Waals surface area contributed by atoms with Gasteiger partial charge in [0.1, 0.15) is 23.6 Å². The van der Waals surface area contributed by atoms with Gasteiger partial charge in [-0.25, -0.2) is 9.48 Å². The van der Waals surface area contributed by atoms with Crippen molar-refractivity contribution in [2.24, 2.45) is 0 Å². The van der Waals surface area contributed by atoms with Crippen LogP contribution < -0.4 is 0 Å². The van der Waals surface area contributed by atoms with Crippen molar-refractivity contribution in [1.29, 1.82) is 0 Å². The molecule has 0 aliphatic carbocycles. The fourth-order valence-corrected chi connectivity index (χ4v) is 3.99. The van der Waals surface area contributed by atoms with E-state index in [0.717, 1.165) is 0 Å². The molecule has 0 saturated carbocycles. The molecule has 196 valence electrons. The van der Waals surface area contributed by atoms with Crippen molar-refractivity contribution >= 4 is 23.1 Å². The monoisotopic (exact) mass is 525 g/mol. The summed E-state index contributed by atoms with van der Waals surface area (Å²) < 4.78 is 43.1. The number of carbonyl (C=O) groups is 1. The van der Waals surface area contributed by atoms with E-state index in [1.54, 1.807) is 39.0 Å². The van der Waals surface area contributed by atoms with Crippen LogP contribution in [0.1, 0.15) is 39.3 Å². The number of hydrogen-bond donors (Lipinski definition) is 1. The van der Waals surface area contributed by atoms with Crippen molar-refractivity contribution in [1.82, 2.24) is 14.7 Å². The van der Waals surface area contributed by atoms with Crippen LogP contribution in [0.2, 0.25) is 5.02 Å². The van der Waals surface area contributed by atoms with Gasteiger partial charge in [-0.05, 0) is 50.1 Å². The van der Waals surface area contributed by atoms with Crippen LogP contribution in [0.25, 0.3) is 16.7 Å². The van der Waals surface area contributed by atoms with Crippen molar-refractivity contribution in [3.8, 4) is 11.1 Å². The lowest BCUT2D eigenvalue weighted by Gasteiger charge is -2.37. The summed E-state index contributed by atoms with van der Waals surface area (Å²) in [6.45, 7) is 2.75. The standard InChI is InChI=1S/C25H30ClF2N3O5/c1-25(2,3)36-23(33)20(8-9-34-4)30-14-21(35-5)19(11-22(30)32)18-10-16(26)6-7-17(18)15-12-29-31(13-15)24(27)28/h6-7,10-14,20,22,24,32H,8-9H2,1-5H3. The van der Waals surface area contributed by atoms with E-state index >= 15 is 0 Å². The van der Waals surface area contributed by atoms with Crippen LogP contribution >= 0.6 is 11.6 Å². The fourth-order valence-electron chi connectivity index (χ4n) is 3.82. The van der Waals surface area contributed by atoms with Gasteiger partial charge in [0.25, 0.3) is 0 Å². The van der Waals surface area contributed by atoms with Gasteiger partial charge in [-0.15, -0.1) is 0 Å². The van der Waals surface area contributed by atoms with Gasteiger partial charge in [0.2, 0.25) is 0 Å². The van der Waals surface area contributed by atoms with Crippen molar-refractivity contribution in [2.45, 2.75) is 51.6 Å². The third kappa shape index (κ3) is 6.43. The fraction of sp³-hybridized carbons (Fsp3) is 0.440. The summed E-state index contributed by atoms with van der Waals surface area (Å²) in [7, 11) is 2.97. The maximum atomic E-state index is 13.1. The Morgan fingerprint density at radius 1 is 1.25 bits per heavy atom. The van der Waals surface area contributed by atoms with E-state index in [1.807, 2.05) is 0 Å². The molecule has 2 unspecified atom stereocenters. The van der Waals surface area contributed by atoms with Gasteiger partial charge < -0.3 is 24.2 Å². The average molecular weight is 526 g/mol. The van der Waals surface area contributed by atoms with E-state index < -0.39 is 30.4 Å². The third-order valence-electron chi connectivity index (χ3n) is 5.39. The zero-order valence-corrected chi connectivity index (χ0v) is 21.5. The van der Waals surface area contributed by atoms with E-state index in [-0.39, 0.29) is 13.0 Å². The number of nitrogens with zero attached hydrogens (tertiary/aromatic N) is 3. The molecule has 1 aliphatic rings. The minimum Gasteiger partial charge on any atom is -0.495 e.